The van der Waals surface area contributed by atoms with E-state index in [1.54, 1.807) is 21.6 Å². The van der Waals surface area contributed by atoms with Crippen LogP contribution in [0.3, 0.4) is 0 Å². The maximum atomic E-state index is 12.9. The molecule has 0 bridgehead atoms. The smallest absolute Gasteiger partial charge is 0.273 e. The van der Waals surface area contributed by atoms with Crippen molar-refractivity contribution in [3.8, 4) is 9.88 Å². The Kier molecular flexibility index (Phi) is 3.98. The molecule has 0 saturated carbocycles. The fraction of sp³-hybridized carbons (Fsp3) is 0.467. The Hall–Kier alpha value is -1.29. The summed E-state index contributed by atoms with van der Waals surface area (Å²) < 4.78 is 24.1. The normalized spacial score (nSPS) is 26.5. The third kappa shape index (κ3) is 2.79. The molecule has 2 atom stereocenters. The van der Waals surface area contributed by atoms with Gasteiger partial charge in [-0.25, -0.2) is 13.4 Å². The Morgan fingerprint density at radius 2 is 2.04 bits per heavy atom. The lowest BCUT2D eigenvalue weighted by atomic mass is 10.1. The number of carbonyl (C=O) groups excluding carboxylic acids is 1. The summed E-state index contributed by atoms with van der Waals surface area (Å²) >= 11 is 3.04. The van der Waals surface area contributed by atoms with E-state index in [0.29, 0.717) is 18.8 Å². The van der Waals surface area contributed by atoms with Gasteiger partial charge in [-0.3, -0.25) is 9.69 Å². The molecule has 2 aromatic rings. The Morgan fingerprint density at radius 3 is 2.79 bits per heavy atom. The predicted molar refractivity (Wildman–Crippen MR) is 95.3 cm³/mol. The monoisotopic (exact) mass is 383 g/mol. The molecule has 1 amide bonds. The molecule has 0 aliphatic carbocycles. The minimum Gasteiger partial charge on any atom is -0.330 e. The highest BCUT2D eigenvalue weighted by Crippen LogP contribution is 2.30. The minimum absolute atomic E-state index is 0.0513. The number of carbonyl (C=O) groups is 1. The summed E-state index contributed by atoms with van der Waals surface area (Å²) in [5.74, 6) is 0.0275. The molecule has 2 aliphatic heterocycles. The Bertz CT molecular complexity index is 860. The molecular weight excluding hydrogens is 366 g/mol. The van der Waals surface area contributed by atoms with Gasteiger partial charge < -0.3 is 4.90 Å². The van der Waals surface area contributed by atoms with Crippen molar-refractivity contribution >= 4 is 38.4 Å². The van der Waals surface area contributed by atoms with Crippen LogP contribution in [0.4, 0.5) is 0 Å². The molecule has 128 valence electrons. The molecule has 2 saturated heterocycles. The minimum atomic E-state index is -3.09. The fourth-order valence-electron chi connectivity index (χ4n) is 3.41. The van der Waals surface area contributed by atoms with Gasteiger partial charge in [0.15, 0.2) is 9.84 Å². The molecule has 2 aromatic heterocycles. The van der Waals surface area contributed by atoms with Crippen molar-refractivity contribution in [3.63, 3.8) is 0 Å². The average Bonchev–Trinajstić information content (AvgIpc) is 3.25. The van der Waals surface area contributed by atoms with E-state index in [1.165, 1.54) is 11.3 Å². The molecular formula is C15H17N3O3S3. The van der Waals surface area contributed by atoms with Gasteiger partial charge in [-0.2, -0.15) is 0 Å². The molecule has 0 aromatic carbocycles. The van der Waals surface area contributed by atoms with Crippen LogP contribution in [0.25, 0.3) is 9.88 Å². The van der Waals surface area contributed by atoms with E-state index in [4.69, 9.17) is 0 Å². The number of thiophene rings is 1. The van der Waals surface area contributed by atoms with Crippen LogP contribution < -0.4 is 0 Å². The van der Waals surface area contributed by atoms with Crippen LogP contribution in [-0.4, -0.2) is 72.8 Å². The number of nitrogens with zero attached hydrogens (tertiary/aromatic N) is 3. The summed E-state index contributed by atoms with van der Waals surface area (Å²) in [4.78, 5) is 22.2. The SMILES string of the molecule is CN1CCN(C(=O)c2csc(-c3cccs3)n2)[C@@H]2CS(=O)(=O)C[C@@H]21. The number of rotatable bonds is 2. The Morgan fingerprint density at radius 1 is 1.25 bits per heavy atom. The summed E-state index contributed by atoms with van der Waals surface area (Å²) in [7, 11) is -1.16. The van der Waals surface area contributed by atoms with E-state index in [9.17, 15) is 13.2 Å². The second-order valence-electron chi connectivity index (χ2n) is 6.21. The van der Waals surface area contributed by atoms with Crippen molar-refractivity contribution < 1.29 is 13.2 Å². The third-order valence-corrected chi connectivity index (χ3v) is 8.25. The topological polar surface area (TPSA) is 70.6 Å². The number of likely N-dealkylation sites (N-methyl/N-ethyl adjacent to an activating group) is 1. The van der Waals surface area contributed by atoms with Crippen LogP contribution in [0, 0.1) is 0 Å². The van der Waals surface area contributed by atoms with Crippen molar-refractivity contribution in [2.45, 2.75) is 12.1 Å². The first-order valence-corrected chi connectivity index (χ1v) is 11.2. The van der Waals surface area contributed by atoms with E-state index in [0.717, 1.165) is 9.88 Å². The summed E-state index contributed by atoms with van der Waals surface area (Å²) in [6.07, 6.45) is 0. The molecule has 0 N–H and O–H groups in total. The number of sulfone groups is 1. The lowest BCUT2D eigenvalue weighted by Crippen LogP contribution is -2.59. The molecule has 0 unspecified atom stereocenters. The van der Waals surface area contributed by atoms with Crippen LogP contribution in [0.1, 0.15) is 10.5 Å². The highest BCUT2D eigenvalue weighted by Gasteiger charge is 2.47. The van der Waals surface area contributed by atoms with Gasteiger partial charge in [0, 0.05) is 24.5 Å². The molecule has 24 heavy (non-hydrogen) atoms. The number of amides is 1. The van der Waals surface area contributed by atoms with Crippen molar-refractivity contribution in [2.75, 3.05) is 31.6 Å². The molecule has 4 rings (SSSR count). The number of hydrogen-bond acceptors (Lipinski definition) is 7. The highest BCUT2D eigenvalue weighted by atomic mass is 32.2. The second kappa shape index (κ2) is 5.91. The quantitative estimate of drug-likeness (QED) is 0.785. The first-order valence-electron chi connectivity index (χ1n) is 7.66. The molecule has 9 heteroatoms. The number of thiazole rings is 1. The lowest BCUT2D eigenvalue weighted by Gasteiger charge is -2.41. The summed E-state index contributed by atoms with van der Waals surface area (Å²) in [5.41, 5.74) is 0.413. The molecule has 2 aliphatic rings. The van der Waals surface area contributed by atoms with Gasteiger partial charge in [-0.15, -0.1) is 22.7 Å². The van der Waals surface area contributed by atoms with Crippen LogP contribution in [0.2, 0.25) is 0 Å². The van der Waals surface area contributed by atoms with Gasteiger partial charge in [-0.05, 0) is 18.5 Å². The van der Waals surface area contributed by atoms with E-state index < -0.39 is 9.84 Å². The fourth-order valence-corrected chi connectivity index (χ4v) is 7.07. The highest BCUT2D eigenvalue weighted by molar-refractivity contribution is 7.91. The van der Waals surface area contributed by atoms with Gasteiger partial charge in [0.05, 0.1) is 22.4 Å². The van der Waals surface area contributed by atoms with Crippen LogP contribution in [0.5, 0.6) is 0 Å². The standard InChI is InChI=1S/C15H17N3O3S3/c1-17-4-5-18(12-9-24(20,21)8-11(12)17)15(19)10-7-23-14(16-10)13-3-2-6-22-13/h2-3,6-7,11-12H,4-5,8-9H2,1H3/t11-,12+/m0/s1. The summed E-state index contributed by atoms with van der Waals surface area (Å²) in [6.45, 7) is 1.22. The number of hydrogen-bond donors (Lipinski definition) is 0. The van der Waals surface area contributed by atoms with Crippen molar-refractivity contribution in [2.24, 2.45) is 0 Å². The first kappa shape index (κ1) is 16.2. The van der Waals surface area contributed by atoms with E-state index in [2.05, 4.69) is 9.88 Å². The van der Waals surface area contributed by atoms with E-state index in [-0.39, 0.29) is 29.5 Å². The largest absolute Gasteiger partial charge is 0.330 e. The Labute approximate surface area is 148 Å². The van der Waals surface area contributed by atoms with Crippen LogP contribution in [-0.2, 0) is 9.84 Å². The van der Waals surface area contributed by atoms with Gasteiger partial charge >= 0.3 is 0 Å². The zero-order valence-electron chi connectivity index (χ0n) is 13.1. The molecule has 0 spiro atoms. The average molecular weight is 384 g/mol. The molecule has 6 nitrogen and oxygen atoms in total. The molecule has 2 fully saturated rings. The van der Waals surface area contributed by atoms with Crippen molar-refractivity contribution in [3.05, 3.63) is 28.6 Å². The third-order valence-electron chi connectivity index (χ3n) is 4.67. The van der Waals surface area contributed by atoms with Gasteiger partial charge in [-0.1, -0.05) is 6.07 Å². The number of piperazine rings is 1. The number of fused-ring (bicyclic) bond motifs is 1. The first-order chi connectivity index (χ1) is 11.4. The maximum absolute atomic E-state index is 12.9. The molecule has 4 heterocycles. The lowest BCUT2D eigenvalue weighted by molar-refractivity contribution is 0.0405. The van der Waals surface area contributed by atoms with Gasteiger partial charge in [0.1, 0.15) is 10.7 Å². The summed E-state index contributed by atoms with van der Waals surface area (Å²) in [6, 6.07) is 3.56. The Balaban J connectivity index is 1.60. The van der Waals surface area contributed by atoms with Crippen LogP contribution in [0.15, 0.2) is 22.9 Å². The van der Waals surface area contributed by atoms with Crippen LogP contribution >= 0.6 is 22.7 Å². The van der Waals surface area contributed by atoms with Gasteiger partial charge in [0.2, 0.25) is 0 Å². The van der Waals surface area contributed by atoms with Crippen molar-refractivity contribution in [1.82, 2.24) is 14.8 Å². The molecule has 0 radical (unpaired) electrons. The second-order valence-corrected chi connectivity index (χ2v) is 10.2. The predicted octanol–water partition coefficient (Wildman–Crippen LogP) is 1.42. The zero-order valence-corrected chi connectivity index (χ0v) is 15.5. The van der Waals surface area contributed by atoms with E-state index >= 15 is 0 Å². The number of aromatic nitrogens is 1. The van der Waals surface area contributed by atoms with Gasteiger partial charge in [0.25, 0.3) is 5.91 Å². The zero-order chi connectivity index (χ0) is 16.9. The maximum Gasteiger partial charge on any atom is 0.273 e. The van der Waals surface area contributed by atoms with Crippen molar-refractivity contribution in [1.29, 1.82) is 0 Å². The van der Waals surface area contributed by atoms with E-state index in [1.807, 2.05) is 24.6 Å². The summed E-state index contributed by atoms with van der Waals surface area (Å²) in [5, 5.41) is 4.58.